The van der Waals surface area contributed by atoms with Gasteiger partial charge in [0.2, 0.25) is 5.91 Å². The van der Waals surface area contributed by atoms with Gasteiger partial charge in [-0.2, -0.15) is 0 Å². The lowest BCUT2D eigenvalue weighted by Gasteiger charge is -2.35. The lowest BCUT2D eigenvalue weighted by Crippen LogP contribution is -2.48. The lowest BCUT2D eigenvalue weighted by molar-refractivity contribution is -0.133. The fraction of sp³-hybridized carbons (Fsp3) is 0.556. The van der Waals surface area contributed by atoms with Crippen LogP contribution in [0.5, 0.6) is 5.75 Å². The first-order chi connectivity index (χ1) is 11.7. The molecule has 1 N–H and O–H groups in total. The highest BCUT2D eigenvalue weighted by molar-refractivity contribution is 6.02. The van der Waals surface area contributed by atoms with Gasteiger partial charge in [0.05, 0.1) is 5.69 Å². The lowest BCUT2D eigenvalue weighted by atomic mass is 9.93. The normalized spacial score (nSPS) is 18.3. The number of carbonyl (C=O) groups is 2. The fourth-order valence-electron chi connectivity index (χ4n) is 3.38. The highest BCUT2D eigenvalue weighted by atomic mass is 16.5. The van der Waals surface area contributed by atoms with Gasteiger partial charge < -0.3 is 15.0 Å². The number of nitrogens with zero attached hydrogens (tertiary/aromatic N) is 2. The number of rotatable bonds is 5. The second-order valence-electron chi connectivity index (χ2n) is 6.45. The van der Waals surface area contributed by atoms with Gasteiger partial charge in [-0.15, -0.1) is 0 Å². The Balaban J connectivity index is 1.58. The molecular weight excluding hydrogens is 306 g/mol. The maximum Gasteiger partial charge on any atom is 0.265 e. The molecule has 0 spiro atoms. The minimum absolute atomic E-state index is 0.00359. The maximum absolute atomic E-state index is 12.6. The average molecular weight is 331 g/mol. The number of anilines is 1. The van der Waals surface area contributed by atoms with Crippen molar-refractivity contribution < 1.29 is 14.3 Å². The second kappa shape index (κ2) is 7.66. The van der Waals surface area contributed by atoms with Crippen molar-refractivity contribution in [2.75, 3.05) is 44.7 Å². The minimum Gasteiger partial charge on any atom is -0.482 e. The van der Waals surface area contributed by atoms with Crippen LogP contribution in [0.1, 0.15) is 19.3 Å². The summed E-state index contributed by atoms with van der Waals surface area (Å²) >= 11 is 0. The van der Waals surface area contributed by atoms with Crippen LogP contribution in [0.15, 0.2) is 24.3 Å². The minimum atomic E-state index is -0.161. The van der Waals surface area contributed by atoms with Crippen molar-refractivity contribution in [3.8, 4) is 5.75 Å². The van der Waals surface area contributed by atoms with Crippen LogP contribution in [0.4, 0.5) is 5.69 Å². The molecule has 0 atom stereocenters. The van der Waals surface area contributed by atoms with Crippen LogP contribution in [0.2, 0.25) is 0 Å². The second-order valence-corrected chi connectivity index (χ2v) is 6.45. The van der Waals surface area contributed by atoms with E-state index in [1.54, 1.807) is 4.90 Å². The molecule has 3 rings (SSSR count). The molecule has 2 aliphatic heterocycles. The smallest absolute Gasteiger partial charge is 0.265 e. The highest BCUT2D eigenvalue weighted by Gasteiger charge is 2.30. The summed E-state index contributed by atoms with van der Waals surface area (Å²) in [6.07, 6.45) is 3.25. The van der Waals surface area contributed by atoms with Crippen molar-refractivity contribution in [2.45, 2.75) is 19.3 Å². The molecule has 1 saturated heterocycles. The van der Waals surface area contributed by atoms with E-state index in [4.69, 9.17) is 4.74 Å². The van der Waals surface area contributed by atoms with Gasteiger partial charge >= 0.3 is 0 Å². The topological polar surface area (TPSA) is 61.9 Å². The van der Waals surface area contributed by atoms with E-state index in [1.807, 2.05) is 36.2 Å². The molecule has 130 valence electrons. The largest absolute Gasteiger partial charge is 0.482 e. The van der Waals surface area contributed by atoms with E-state index in [9.17, 15) is 9.59 Å². The van der Waals surface area contributed by atoms with Crippen LogP contribution >= 0.6 is 0 Å². The fourth-order valence-corrected chi connectivity index (χ4v) is 3.38. The summed E-state index contributed by atoms with van der Waals surface area (Å²) in [4.78, 5) is 28.2. The molecule has 2 aliphatic rings. The molecule has 1 aromatic rings. The van der Waals surface area contributed by atoms with Gasteiger partial charge in [-0.05, 0) is 50.9 Å². The zero-order valence-corrected chi connectivity index (χ0v) is 14.2. The summed E-state index contributed by atoms with van der Waals surface area (Å²) < 4.78 is 5.42. The summed E-state index contributed by atoms with van der Waals surface area (Å²) in [5, 5.41) is 3.18. The van der Waals surface area contributed by atoms with Gasteiger partial charge in [0.1, 0.15) is 12.3 Å². The van der Waals surface area contributed by atoms with Crippen LogP contribution in [0.25, 0.3) is 0 Å². The molecular formula is C18H25N3O3. The van der Waals surface area contributed by atoms with Crippen molar-refractivity contribution >= 4 is 17.5 Å². The van der Waals surface area contributed by atoms with E-state index in [2.05, 4.69) is 5.32 Å². The zero-order valence-electron chi connectivity index (χ0n) is 14.2. The predicted octanol–water partition coefficient (Wildman–Crippen LogP) is 1.26. The summed E-state index contributed by atoms with van der Waals surface area (Å²) in [5.74, 6) is 1.21. The Hall–Kier alpha value is -2.08. The number of ether oxygens (including phenoxy) is 1. The molecule has 0 bridgehead atoms. The molecule has 1 aromatic carbocycles. The van der Waals surface area contributed by atoms with Gasteiger partial charge in [0.25, 0.3) is 5.91 Å². The van der Waals surface area contributed by atoms with Crippen LogP contribution in [0.3, 0.4) is 0 Å². The number of para-hydroxylation sites is 2. The number of fused-ring (bicyclic) bond motifs is 1. The van der Waals surface area contributed by atoms with Crippen LogP contribution < -0.4 is 15.0 Å². The quantitative estimate of drug-likeness (QED) is 0.882. The van der Waals surface area contributed by atoms with Gasteiger partial charge in [-0.25, -0.2) is 0 Å². The molecule has 1 fully saturated rings. The molecule has 2 amide bonds. The zero-order chi connectivity index (χ0) is 16.9. The summed E-state index contributed by atoms with van der Waals surface area (Å²) in [6.45, 7) is 2.69. The third-order valence-corrected chi connectivity index (χ3v) is 4.87. The maximum atomic E-state index is 12.6. The number of likely N-dealkylation sites (tertiary alicyclic amines) is 1. The van der Waals surface area contributed by atoms with Gasteiger partial charge in [-0.1, -0.05) is 12.1 Å². The molecule has 0 aliphatic carbocycles. The Morgan fingerprint density at radius 1 is 1.29 bits per heavy atom. The van der Waals surface area contributed by atoms with Crippen molar-refractivity contribution in [1.29, 1.82) is 0 Å². The molecule has 0 unspecified atom stereocenters. The number of benzene rings is 1. The first-order valence-corrected chi connectivity index (χ1v) is 8.63. The van der Waals surface area contributed by atoms with E-state index < -0.39 is 0 Å². The van der Waals surface area contributed by atoms with Crippen LogP contribution in [-0.2, 0) is 9.59 Å². The van der Waals surface area contributed by atoms with Crippen molar-refractivity contribution in [1.82, 2.24) is 10.2 Å². The predicted molar refractivity (Wildman–Crippen MR) is 92.1 cm³/mol. The molecule has 0 radical (unpaired) electrons. The molecule has 2 heterocycles. The van der Waals surface area contributed by atoms with E-state index in [-0.39, 0.29) is 25.0 Å². The Kier molecular flexibility index (Phi) is 5.35. The molecule has 6 heteroatoms. The van der Waals surface area contributed by atoms with Gasteiger partial charge in [0, 0.05) is 13.1 Å². The third-order valence-electron chi connectivity index (χ3n) is 4.87. The van der Waals surface area contributed by atoms with Crippen LogP contribution in [0, 0.1) is 5.92 Å². The summed E-state index contributed by atoms with van der Waals surface area (Å²) in [6, 6.07) is 7.37. The SMILES string of the molecule is CNCCC1CCN(C(=O)CN2C(=O)COc3ccccc32)CC1. The van der Waals surface area contributed by atoms with Crippen molar-refractivity contribution in [3.63, 3.8) is 0 Å². The first-order valence-electron chi connectivity index (χ1n) is 8.63. The monoisotopic (exact) mass is 331 g/mol. The number of amides is 2. The molecule has 0 saturated carbocycles. The van der Waals surface area contributed by atoms with Crippen molar-refractivity contribution in [3.05, 3.63) is 24.3 Å². The molecule has 24 heavy (non-hydrogen) atoms. The standard InChI is InChI=1S/C18H25N3O3/c1-19-9-6-14-7-10-20(11-8-14)17(22)12-21-15-4-2-3-5-16(15)24-13-18(21)23/h2-5,14,19H,6-13H2,1H3. The van der Waals surface area contributed by atoms with Crippen molar-refractivity contribution in [2.24, 2.45) is 5.92 Å². The Morgan fingerprint density at radius 3 is 2.79 bits per heavy atom. The van der Waals surface area contributed by atoms with E-state index >= 15 is 0 Å². The first kappa shape index (κ1) is 16.8. The Bertz CT molecular complexity index is 597. The number of piperidine rings is 1. The van der Waals surface area contributed by atoms with Crippen LogP contribution in [-0.4, -0.2) is 56.5 Å². The van der Waals surface area contributed by atoms with E-state index in [1.165, 1.54) is 0 Å². The Labute approximate surface area is 142 Å². The highest BCUT2D eigenvalue weighted by Crippen LogP contribution is 2.31. The average Bonchev–Trinajstić information content (AvgIpc) is 2.62. The number of hydrogen-bond donors (Lipinski definition) is 1. The van der Waals surface area contributed by atoms with Gasteiger partial charge in [-0.3, -0.25) is 14.5 Å². The van der Waals surface area contributed by atoms with E-state index in [0.717, 1.165) is 38.9 Å². The third kappa shape index (κ3) is 3.70. The number of hydrogen-bond acceptors (Lipinski definition) is 4. The summed E-state index contributed by atoms with van der Waals surface area (Å²) in [7, 11) is 1.97. The molecule has 0 aromatic heterocycles. The number of carbonyl (C=O) groups excluding carboxylic acids is 2. The van der Waals surface area contributed by atoms with Gasteiger partial charge in [0.15, 0.2) is 6.61 Å². The number of nitrogens with one attached hydrogen (secondary N) is 1. The Morgan fingerprint density at radius 2 is 2.04 bits per heavy atom. The van der Waals surface area contributed by atoms with E-state index in [0.29, 0.717) is 17.4 Å². The summed E-state index contributed by atoms with van der Waals surface area (Å²) in [5.41, 5.74) is 0.686. The molecule has 6 nitrogen and oxygen atoms in total.